The van der Waals surface area contributed by atoms with Crippen molar-refractivity contribution < 1.29 is 0 Å². The Hall–Kier alpha value is -3.59. The third-order valence-corrected chi connectivity index (χ3v) is 5.49. The molecule has 2 aromatic heterocycles. The molecule has 3 heteroatoms. The first-order chi connectivity index (χ1) is 14.4. The van der Waals surface area contributed by atoms with Crippen molar-refractivity contribution in [2.24, 2.45) is 0 Å². The molecule has 0 saturated carbocycles. The fourth-order valence-electron chi connectivity index (χ4n) is 3.95. The number of anilines is 1. The second-order valence-electron chi connectivity index (χ2n) is 7.40. The fraction of sp³-hybridized carbons (Fsp3) is 0.115. The van der Waals surface area contributed by atoms with Gasteiger partial charge in [0.25, 0.3) is 0 Å². The highest BCUT2D eigenvalue weighted by molar-refractivity contribution is 5.83. The normalized spacial score (nSPS) is 11.2. The van der Waals surface area contributed by atoms with Crippen molar-refractivity contribution in [3.8, 4) is 0 Å². The number of hydrogen-bond donors (Lipinski definition) is 2. The summed E-state index contributed by atoms with van der Waals surface area (Å²) in [5.74, 6) is 0. The SMILES string of the molecule is c1ccc2c(Cc3ccc(NCCc4c[nH]c5ccccc45)cc3)ccnc2c1. The minimum atomic E-state index is 0.913. The zero-order valence-electron chi connectivity index (χ0n) is 16.2. The summed E-state index contributed by atoms with van der Waals surface area (Å²) in [5.41, 5.74) is 7.40. The Morgan fingerprint density at radius 2 is 1.55 bits per heavy atom. The van der Waals surface area contributed by atoms with E-state index in [1.54, 1.807) is 0 Å². The van der Waals surface area contributed by atoms with Crippen molar-refractivity contribution in [1.82, 2.24) is 9.97 Å². The van der Waals surface area contributed by atoms with E-state index < -0.39 is 0 Å². The van der Waals surface area contributed by atoms with Crippen molar-refractivity contribution in [2.45, 2.75) is 12.8 Å². The van der Waals surface area contributed by atoms with Crippen LogP contribution in [0.1, 0.15) is 16.7 Å². The number of benzene rings is 3. The summed E-state index contributed by atoms with van der Waals surface area (Å²) in [6.45, 7) is 0.913. The number of pyridine rings is 1. The van der Waals surface area contributed by atoms with E-state index in [0.29, 0.717) is 0 Å². The molecule has 3 nitrogen and oxygen atoms in total. The number of rotatable bonds is 6. The van der Waals surface area contributed by atoms with Crippen molar-refractivity contribution in [3.05, 3.63) is 108 Å². The molecule has 0 amide bonds. The number of aromatic nitrogens is 2. The largest absolute Gasteiger partial charge is 0.385 e. The van der Waals surface area contributed by atoms with E-state index in [2.05, 4.69) is 94.3 Å². The Morgan fingerprint density at radius 1 is 0.759 bits per heavy atom. The lowest BCUT2D eigenvalue weighted by atomic mass is 10.0. The van der Waals surface area contributed by atoms with Crippen LogP contribution in [0.2, 0.25) is 0 Å². The summed E-state index contributed by atoms with van der Waals surface area (Å²) in [5, 5.41) is 6.09. The molecule has 5 aromatic rings. The lowest BCUT2D eigenvalue weighted by molar-refractivity contribution is 1.03. The van der Waals surface area contributed by atoms with E-state index in [9.17, 15) is 0 Å². The predicted octanol–water partition coefficient (Wildman–Crippen LogP) is 5.96. The minimum Gasteiger partial charge on any atom is -0.385 e. The van der Waals surface area contributed by atoms with Crippen LogP contribution in [0.15, 0.2) is 91.3 Å². The van der Waals surface area contributed by atoms with Crippen LogP contribution >= 0.6 is 0 Å². The molecule has 0 unspecified atom stereocenters. The summed E-state index contributed by atoms with van der Waals surface area (Å²) in [4.78, 5) is 7.81. The molecule has 0 radical (unpaired) electrons. The van der Waals surface area contributed by atoms with Gasteiger partial charge in [-0.1, -0.05) is 48.5 Å². The molecule has 0 bridgehead atoms. The molecule has 5 rings (SSSR count). The average Bonchev–Trinajstić information content (AvgIpc) is 3.18. The van der Waals surface area contributed by atoms with Crippen LogP contribution < -0.4 is 5.32 Å². The Morgan fingerprint density at radius 3 is 2.45 bits per heavy atom. The Balaban J connectivity index is 1.23. The number of fused-ring (bicyclic) bond motifs is 2. The maximum absolute atomic E-state index is 4.46. The van der Waals surface area contributed by atoms with Gasteiger partial charge in [-0.05, 0) is 59.9 Å². The van der Waals surface area contributed by atoms with Gasteiger partial charge in [-0.2, -0.15) is 0 Å². The second-order valence-corrected chi connectivity index (χ2v) is 7.40. The highest BCUT2D eigenvalue weighted by Crippen LogP contribution is 2.21. The van der Waals surface area contributed by atoms with Crippen molar-refractivity contribution >= 4 is 27.5 Å². The number of nitrogens with one attached hydrogen (secondary N) is 2. The number of hydrogen-bond acceptors (Lipinski definition) is 2. The van der Waals surface area contributed by atoms with Gasteiger partial charge in [0.2, 0.25) is 0 Å². The lowest BCUT2D eigenvalue weighted by Gasteiger charge is -2.09. The third-order valence-electron chi connectivity index (χ3n) is 5.49. The van der Waals surface area contributed by atoms with Gasteiger partial charge in [0.1, 0.15) is 0 Å². The molecule has 2 N–H and O–H groups in total. The molecule has 0 aliphatic rings. The fourth-order valence-corrected chi connectivity index (χ4v) is 3.95. The third kappa shape index (κ3) is 3.72. The Bertz CT molecular complexity index is 1250. The molecule has 142 valence electrons. The van der Waals surface area contributed by atoms with Crippen LogP contribution in [0.5, 0.6) is 0 Å². The van der Waals surface area contributed by atoms with Gasteiger partial charge in [0.05, 0.1) is 5.52 Å². The van der Waals surface area contributed by atoms with Crippen LogP contribution in [0.4, 0.5) is 5.69 Å². The van der Waals surface area contributed by atoms with Gasteiger partial charge < -0.3 is 10.3 Å². The molecule has 0 saturated heterocycles. The van der Waals surface area contributed by atoms with Gasteiger partial charge >= 0.3 is 0 Å². The van der Waals surface area contributed by atoms with Crippen LogP contribution in [0.25, 0.3) is 21.8 Å². The molecule has 0 aliphatic carbocycles. The molecule has 2 heterocycles. The summed E-state index contributed by atoms with van der Waals surface area (Å²) in [6, 6.07) is 27.7. The molecular formula is C26H23N3. The van der Waals surface area contributed by atoms with Crippen molar-refractivity contribution in [3.63, 3.8) is 0 Å². The molecule has 3 aromatic carbocycles. The van der Waals surface area contributed by atoms with Gasteiger partial charge in [-0.15, -0.1) is 0 Å². The molecule has 0 atom stereocenters. The van der Waals surface area contributed by atoms with E-state index in [4.69, 9.17) is 0 Å². The number of nitrogens with zero attached hydrogens (tertiary/aromatic N) is 1. The van der Waals surface area contributed by atoms with Crippen LogP contribution in [-0.2, 0) is 12.8 Å². The Kier molecular flexibility index (Phi) is 4.71. The monoisotopic (exact) mass is 377 g/mol. The van der Waals surface area contributed by atoms with Crippen LogP contribution in [0, 0.1) is 0 Å². The topological polar surface area (TPSA) is 40.7 Å². The summed E-state index contributed by atoms with van der Waals surface area (Å²) >= 11 is 0. The predicted molar refractivity (Wildman–Crippen MR) is 121 cm³/mol. The second kappa shape index (κ2) is 7.80. The molecule has 0 spiro atoms. The van der Waals surface area contributed by atoms with Gasteiger partial charge in [0, 0.05) is 40.9 Å². The Labute approximate surface area is 170 Å². The standard InChI is InChI=1S/C26H23N3/c1-3-7-25-23(5-1)20(13-16-28-25)17-19-9-11-22(12-10-19)27-15-14-21-18-29-26-8-4-2-6-24(21)26/h1-13,16,18,27,29H,14-15,17H2. The van der Waals surface area contributed by atoms with E-state index >= 15 is 0 Å². The summed E-state index contributed by atoms with van der Waals surface area (Å²) < 4.78 is 0. The molecule has 29 heavy (non-hydrogen) atoms. The smallest absolute Gasteiger partial charge is 0.0704 e. The zero-order chi connectivity index (χ0) is 19.5. The number of H-pyrrole nitrogens is 1. The average molecular weight is 377 g/mol. The first-order valence-electron chi connectivity index (χ1n) is 10.1. The molecular weight excluding hydrogens is 354 g/mol. The van der Waals surface area contributed by atoms with Crippen molar-refractivity contribution in [1.29, 1.82) is 0 Å². The van der Waals surface area contributed by atoms with E-state index in [-0.39, 0.29) is 0 Å². The number of aromatic amines is 1. The lowest BCUT2D eigenvalue weighted by Crippen LogP contribution is -2.04. The van der Waals surface area contributed by atoms with Gasteiger partial charge in [0.15, 0.2) is 0 Å². The van der Waals surface area contributed by atoms with E-state index in [1.165, 1.54) is 33.0 Å². The van der Waals surface area contributed by atoms with E-state index in [0.717, 1.165) is 30.6 Å². The van der Waals surface area contributed by atoms with Crippen LogP contribution in [-0.4, -0.2) is 16.5 Å². The maximum atomic E-state index is 4.46. The first kappa shape index (κ1) is 17.5. The van der Waals surface area contributed by atoms with Gasteiger partial charge in [-0.3, -0.25) is 4.98 Å². The first-order valence-corrected chi connectivity index (χ1v) is 10.1. The highest BCUT2D eigenvalue weighted by atomic mass is 14.9. The van der Waals surface area contributed by atoms with Gasteiger partial charge in [-0.25, -0.2) is 0 Å². The van der Waals surface area contributed by atoms with Crippen molar-refractivity contribution in [2.75, 3.05) is 11.9 Å². The molecule has 0 fully saturated rings. The van der Waals surface area contributed by atoms with Crippen LogP contribution in [0.3, 0.4) is 0 Å². The maximum Gasteiger partial charge on any atom is 0.0704 e. The van der Waals surface area contributed by atoms with E-state index in [1.807, 2.05) is 12.3 Å². The zero-order valence-corrected chi connectivity index (χ0v) is 16.2. The highest BCUT2D eigenvalue weighted by Gasteiger charge is 2.04. The minimum absolute atomic E-state index is 0.913. The number of para-hydroxylation sites is 2. The summed E-state index contributed by atoms with van der Waals surface area (Å²) in [6.07, 6.45) is 5.93. The molecule has 0 aliphatic heterocycles. The quantitative estimate of drug-likeness (QED) is 0.383. The summed E-state index contributed by atoms with van der Waals surface area (Å²) in [7, 11) is 0.